The van der Waals surface area contributed by atoms with E-state index in [1.165, 1.54) is 0 Å². The van der Waals surface area contributed by atoms with Gasteiger partial charge in [0.05, 0.1) is 29.8 Å². The average molecular weight is 294 g/mol. The summed E-state index contributed by atoms with van der Waals surface area (Å²) in [4.78, 5) is 11.4. The molecule has 0 unspecified atom stereocenters. The molecule has 1 saturated heterocycles. The molecule has 0 bridgehead atoms. The van der Waals surface area contributed by atoms with Crippen LogP contribution in [0, 0.1) is 0 Å². The molecule has 1 fully saturated rings. The summed E-state index contributed by atoms with van der Waals surface area (Å²) in [5.74, 6) is 0.948. The number of nitrogens with one attached hydrogen (secondary N) is 1. The molecule has 0 atom stereocenters. The lowest BCUT2D eigenvalue weighted by atomic mass is 10.1. The van der Waals surface area contributed by atoms with Crippen LogP contribution in [0.5, 0.6) is 0 Å². The molecule has 6 nitrogen and oxygen atoms in total. The number of fused-ring (bicyclic) bond motifs is 1. The number of nitrogens with zero attached hydrogens (tertiary/aromatic N) is 5. The maximum atomic E-state index is 4.79. The van der Waals surface area contributed by atoms with Gasteiger partial charge in [0.2, 0.25) is 0 Å². The highest BCUT2D eigenvalue weighted by molar-refractivity contribution is 5.83. The van der Waals surface area contributed by atoms with Gasteiger partial charge in [-0.25, -0.2) is 4.98 Å². The van der Waals surface area contributed by atoms with Crippen molar-refractivity contribution in [2.75, 3.05) is 31.1 Å². The minimum atomic E-state index is 0.902. The summed E-state index contributed by atoms with van der Waals surface area (Å²) in [7, 11) is 1.95. The summed E-state index contributed by atoms with van der Waals surface area (Å²) < 4.78 is 1.88. The summed E-state index contributed by atoms with van der Waals surface area (Å²) >= 11 is 0. The van der Waals surface area contributed by atoms with E-state index in [9.17, 15) is 0 Å². The lowest BCUT2D eigenvalue weighted by molar-refractivity contribution is 0.584. The van der Waals surface area contributed by atoms with Crippen LogP contribution in [-0.4, -0.2) is 45.9 Å². The molecule has 1 N–H and O–H groups in total. The number of piperazine rings is 1. The first-order chi connectivity index (χ1) is 10.8. The van der Waals surface area contributed by atoms with Gasteiger partial charge in [0.15, 0.2) is 0 Å². The van der Waals surface area contributed by atoms with Gasteiger partial charge in [-0.15, -0.1) is 0 Å². The van der Waals surface area contributed by atoms with Crippen molar-refractivity contribution in [2.24, 2.45) is 7.05 Å². The molecule has 4 rings (SSSR count). The lowest BCUT2D eigenvalue weighted by Crippen LogP contribution is -2.43. The molecule has 0 aliphatic carbocycles. The fraction of sp³-hybridized carbons (Fsp3) is 0.312. The molecule has 0 radical (unpaired) electrons. The summed E-state index contributed by atoms with van der Waals surface area (Å²) in [6.07, 6.45) is 5.54. The van der Waals surface area contributed by atoms with Crippen molar-refractivity contribution < 1.29 is 0 Å². The maximum absolute atomic E-state index is 4.79. The molecule has 1 aromatic carbocycles. The van der Waals surface area contributed by atoms with Gasteiger partial charge in [0.1, 0.15) is 5.82 Å². The van der Waals surface area contributed by atoms with Crippen molar-refractivity contribution >= 4 is 16.7 Å². The topological polar surface area (TPSA) is 58.9 Å². The Morgan fingerprint density at radius 1 is 1.09 bits per heavy atom. The van der Waals surface area contributed by atoms with Crippen LogP contribution in [0.4, 0.5) is 5.82 Å². The first-order valence-corrected chi connectivity index (χ1v) is 7.51. The molecule has 112 valence electrons. The number of hydrogen-bond donors (Lipinski definition) is 1. The number of hydrogen-bond acceptors (Lipinski definition) is 5. The molecule has 1 aliphatic heterocycles. The third-order valence-electron chi connectivity index (χ3n) is 4.11. The van der Waals surface area contributed by atoms with Crippen molar-refractivity contribution in [3.8, 4) is 11.3 Å². The Hall–Kier alpha value is -2.47. The lowest BCUT2D eigenvalue weighted by Gasteiger charge is -2.28. The van der Waals surface area contributed by atoms with Gasteiger partial charge in [-0.1, -0.05) is 12.1 Å². The SMILES string of the molecule is Cn1ncc2ccc(-c3cncc(N4CCNCC4)n3)cc21. The normalized spacial score (nSPS) is 15.4. The first-order valence-electron chi connectivity index (χ1n) is 7.51. The third-order valence-corrected chi connectivity index (χ3v) is 4.11. The van der Waals surface area contributed by atoms with Crippen LogP contribution in [0.25, 0.3) is 22.2 Å². The molecular formula is C16H18N6. The van der Waals surface area contributed by atoms with Crippen LogP contribution in [0.2, 0.25) is 0 Å². The Bertz CT molecular complexity index is 803. The van der Waals surface area contributed by atoms with Gasteiger partial charge in [-0.3, -0.25) is 9.67 Å². The molecule has 0 spiro atoms. The van der Waals surface area contributed by atoms with Crippen LogP contribution >= 0.6 is 0 Å². The predicted molar refractivity (Wildman–Crippen MR) is 86.8 cm³/mol. The number of anilines is 1. The van der Waals surface area contributed by atoms with E-state index in [1.54, 1.807) is 0 Å². The highest BCUT2D eigenvalue weighted by atomic mass is 15.2. The Morgan fingerprint density at radius 3 is 2.82 bits per heavy atom. The van der Waals surface area contributed by atoms with E-state index in [1.807, 2.05) is 30.3 Å². The second-order valence-electron chi connectivity index (χ2n) is 5.54. The van der Waals surface area contributed by atoms with Crippen molar-refractivity contribution in [1.29, 1.82) is 0 Å². The summed E-state index contributed by atoms with van der Waals surface area (Å²) in [5, 5.41) is 8.78. The standard InChI is InChI=1S/C16H18N6/c1-21-15-8-12(2-3-13(15)9-19-21)14-10-18-11-16(20-14)22-6-4-17-5-7-22/h2-3,8-11,17H,4-7H2,1H3. The summed E-state index contributed by atoms with van der Waals surface area (Å²) in [6.45, 7) is 3.93. The van der Waals surface area contributed by atoms with Crippen molar-refractivity contribution in [1.82, 2.24) is 25.1 Å². The largest absolute Gasteiger partial charge is 0.353 e. The van der Waals surface area contributed by atoms with E-state index in [0.717, 1.165) is 54.2 Å². The highest BCUT2D eigenvalue weighted by Gasteiger charge is 2.13. The average Bonchev–Trinajstić information content (AvgIpc) is 2.96. The molecule has 22 heavy (non-hydrogen) atoms. The smallest absolute Gasteiger partial charge is 0.147 e. The third kappa shape index (κ3) is 2.31. The summed E-state index contributed by atoms with van der Waals surface area (Å²) in [6, 6.07) is 6.28. The van der Waals surface area contributed by atoms with Gasteiger partial charge in [-0.2, -0.15) is 5.10 Å². The van der Waals surface area contributed by atoms with Crippen LogP contribution in [0.1, 0.15) is 0 Å². The van der Waals surface area contributed by atoms with Gasteiger partial charge in [0.25, 0.3) is 0 Å². The molecule has 3 heterocycles. The second-order valence-corrected chi connectivity index (χ2v) is 5.54. The Balaban J connectivity index is 1.72. The highest BCUT2D eigenvalue weighted by Crippen LogP contribution is 2.24. The van der Waals surface area contributed by atoms with Gasteiger partial charge in [0, 0.05) is 44.2 Å². The monoisotopic (exact) mass is 294 g/mol. The molecule has 3 aromatic rings. The van der Waals surface area contributed by atoms with Crippen LogP contribution in [0.3, 0.4) is 0 Å². The second kappa shape index (κ2) is 5.38. The van der Waals surface area contributed by atoms with Crippen LogP contribution in [0.15, 0.2) is 36.8 Å². The van der Waals surface area contributed by atoms with Gasteiger partial charge < -0.3 is 10.2 Å². The van der Waals surface area contributed by atoms with Gasteiger partial charge in [-0.05, 0) is 6.07 Å². The van der Waals surface area contributed by atoms with E-state index < -0.39 is 0 Å². The minimum Gasteiger partial charge on any atom is -0.353 e. The van der Waals surface area contributed by atoms with Gasteiger partial charge >= 0.3 is 0 Å². The predicted octanol–water partition coefficient (Wildman–Crippen LogP) is 1.44. The van der Waals surface area contributed by atoms with E-state index in [4.69, 9.17) is 4.98 Å². The van der Waals surface area contributed by atoms with E-state index in [0.29, 0.717) is 0 Å². The molecular weight excluding hydrogens is 276 g/mol. The van der Waals surface area contributed by atoms with Crippen LogP contribution in [-0.2, 0) is 7.05 Å². The number of aryl methyl sites for hydroxylation is 1. The zero-order chi connectivity index (χ0) is 14.9. The quantitative estimate of drug-likeness (QED) is 0.775. The fourth-order valence-corrected chi connectivity index (χ4v) is 2.84. The molecule has 1 aliphatic rings. The zero-order valence-electron chi connectivity index (χ0n) is 12.5. The van der Waals surface area contributed by atoms with E-state index in [-0.39, 0.29) is 0 Å². The Morgan fingerprint density at radius 2 is 1.95 bits per heavy atom. The maximum Gasteiger partial charge on any atom is 0.147 e. The van der Waals surface area contributed by atoms with Crippen molar-refractivity contribution in [3.63, 3.8) is 0 Å². The number of benzene rings is 1. The Labute approximate surface area is 128 Å². The van der Waals surface area contributed by atoms with E-state index >= 15 is 0 Å². The van der Waals surface area contributed by atoms with Crippen LogP contribution < -0.4 is 10.2 Å². The first kappa shape index (κ1) is 13.2. The van der Waals surface area contributed by atoms with E-state index in [2.05, 4.69) is 38.5 Å². The van der Waals surface area contributed by atoms with Crippen molar-refractivity contribution in [3.05, 3.63) is 36.8 Å². The summed E-state index contributed by atoms with van der Waals surface area (Å²) in [5.41, 5.74) is 3.08. The molecule has 6 heteroatoms. The minimum absolute atomic E-state index is 0.902. The number of aromatic nitrogens is 4. The zero-order valence-corrected chi connectivity index (χ0v) is 12.5. The molecule has 0 amide bonds. The fourth-order valence-electron chi connectivity index (χ4n) is 2.84. The van der Waals surface area contributed by atoms with Crippen molar-refractivity contribution in [2.45, 2.75) is 0 Å². The Kier molecular flexibility index (Phi) is 3.23. The molecule has 2 aromatic heterocycles. The number of rotatable bonds is 2. The molecule has 0 saturated carbocycles.